The summed E-state index contributed by atoms with van der Waals surface area (Å²) in [4.78, 5) is 8.62. The number of nitrogens with zero attached hydrogens (tertiary/aromatic N) is 4. The molecule has 0 spiro atoms. The van der Waals surface area contributed by atoms with Gasteiger partial charge in [0.25, 0.3) is 0 Å². The molecule has 2 heterocycles. The van der Waals surface area contributed by atoms with Gasteiger partial charge in [0.05, 0.1) is 12.8 Å². The number of hydrogen-bond acceptors (Lipinski definition) is 5. The van der Waals surface area contributed by atoms with Crippen molar-refractivity contribution in [2.24, 2.45) is 7.05 Å². The maximum atomic E-state index is 5.39. The molecule has 1 N–H and O–H groups in total. The van der Waals surface area contributed by atoms with Crippen molar-refractivity contribution in [3.63, 3.8) is 0 Å². The zero-order valence-corrected chi connectivity index (χ0v) is 11.6. The summed E-state index contributed by atoms with van der Waals surface area (Å²) in [6.07, 6.45) is 4.75. The number of aromatic nitrogens is 4. The fraction of sp³-hybridized carbons (Fsp3) is 0.462. The summed E-state index contributed by atoms with van der Waals surface area (Å²) in [5.74, 6) is 1.21. The molecule has 0 unspecified atom stereocenters. The van der Waals surface area contributed by atoms with Gasteiger partial charge < -0.3 is 10.1 Å². The number of rotatable bonds is 6. The van der Waals surface area contributed by atoms with Gasteiger partial charge >= 0.3 is 0 Å². The third-order valence-electron chi connectivity index (χ3n) is 2.58. The van der Waals surface area contributed by atoms with E-state index >= 15 is 0 Å². The predicted molar refractivity (Wildman–Crippen MR) is 73.3 cm³/mol. The summed E-state index contributed by atoms with van der Waals surface area (Å²) in [5.41, 5.74) is 2.08. The highest BCUT2D eigenvalue weighted by molar-refractivity contribution is 5.30. The van der Waals surface area contributed by atoms with Crippen LogP contribution in [0, 0.1) is 6.92 Å². The SMILES string of the molecule is CCOc1cc(C)nc(NCCc2cnn(C)c2)n1. The zero-order chi connectivity index (χ0) is 13.7. The molecular formula is C13H19N5O. The molecule has 0 amide bonds. The average Bonchev–Trinajstić information content (AvgIpc) is 2.75. The van der Waals surface area contributed by atoms with Gasteiger partial charge in [0.1, 0.15) is 0 Å². The van der Waals surface area contributed by atoms with Crippen LogP contribution in [-0.4, -0.2) is 32.9 Å². The molecule has 0 atom stereocenters. The first kappa shape index (κ1) is 13.3. The maximum Gasteiger partial charge on any atom is 0.226 e. The van der Waals surface area contributed by atoms with Gasteiger partial charge in [-0.25, -0.2) is 4.98 Å². The molecular weight excluding hydrogens is 242 g/mol. The van der Waals surface area contributed by atoms with Crippen LogP contribution >= 0.6 is 0 Å². The minimum absolute atomic E-state index is 0.603. The Bertz CT molecular complexity index is 538. The first-order valence-electron chi connectivity index (χ1n) is 6.37. The van der Waals surface area contributed by atoms with Crippen molar-refractivity contribution in [2.75, 3.05) is 18.5 Å². The number of anilines is 1. The average molecular weight is 261 g/mol. The van der Waals surface area contributed by atoms with E-state index in [2.05, 4.69) is 20.4 Å². The van der Waals surface area contributed by atoms with Crippen LogP contribution in [0.25, 0.3) is 0 Å². The van der Waals surface area contributed by atoms with Crippen molar-refractivity contribution in [2.45, 2.75) is 20.3 Å². The Labute approximate surface area is 112 Å². The van der Waals surface area contributed by atoms with Gasteiger partial charge in [-0.15, -0.1) is 0 Å². The Morgan fingerprint density at radius 1 is 1.37 bits per heavy atom. The molecule has 2 rings (SSSR count). The third kappa shape index (κ3) is 3.94. The van der Waals surface area contributed by atoms with E-state index in [0.717, 1.165) is 18.7 Å². The van der Waals surface area contributed by atoms with Crippen LogP contribution in [0.5, 0.6) is 5.88 Å². The quantitative estimate of drug-likeness (QED) is 0.855. The van der Waals surface area contributed by atoms with Crippen LogP contribution in [0.15, 0.2) is 18.5 Å². The Balaban J connectivity index is 1.91. The minimum atomic E-state index is 0.603. The van der Waals surface area contributed by atoms with E-state index in [0.29, 0.717) is 18.4 Å². The predicted octanol–water partition coefficient (Wildman–Crippen LogP) is 1.57. The van der Waals surface area contributed by atoms with Crippen molar-refractivity contribution in [1.29, 1.82) is 0 Å². The van der Waals surface area contributed by atoms with Crippen molar-refractivity contribution in [3.05, 3.63) is 29.7 Å². The zero-order valence-electron chi connectivity index (χ0n) is 11.6. The molecule has 2 aromatic rings. The van der Waals surface area contributed by atoms with E-state index in [-0.39, 0.29) is 0 Å². The highest BCUT2D eigenvalue weighted by Gasteiger charge is 2.03. The molecule has 19 heavy (non-hydrogen) atoms. The third-order valence-corrected chi connectivity index (χ3v) is 2.58. The molecule has 2 aromatic heterocycles. The normalized spacial score (nSPS) is 10.5. The van der Waals surface area contributed by atoms with Crippen LogP contribution in [0.3, 0.4) is 0 Å². The summed E-state index contributed by atoms with van der Waals surface area (Å²) in [5, 5.41) is 7.34. The highest BCUT2D eigenvalue weighted by atomic mass is 16.5. The van der Waals surface area contributed by atoms with Gasteiger partial charge in [0.2, 0.25) is 11.8 Å². The maximum absolute atomic E-state index is 5.39. The van der Waals surface area contributed by atoms with Gasteiger partial charge in [-0.2, -0.15) is 10.1 Å². The molecule has 0 radical (unpaired) electrons. The second-order valence-electron chi connectivity index (χ2n) is 4.30. The summed E-state index contributed by atoms with van der Waals surface area (Å²) in [7, 11) is 1.91. The van der Waals surface area contributed by atoms with E-state index in [9.17, 15) is 0 Å². The molecule has 0 aliphatic carbocycles. The first-order valence-corrected chi connectivity index (χ1v) is 6.37. The number of aryl methyl sites for hydroxylation is 2. The van der Waals surface area contributed by atoms with Crippen LogP contribution in [0.2, 0.25) is 0 Å². The van der Waals surface area contributed by atoms with Gasteiger partial charge in [-0.05, 0) is 25.8 Å². The second kappa shape index (κ2) is 6.17. The summed E-state index contributed by atoms with van der Waals surface area (Å²) in [6, 6.07) is 1.83. The van der Waals surface area contributed by atoms with E-state index in [1.165, 1.54) is 5.56 Å². The molecule has 0 aliphatic heterocycles. The highest BCUT2D eigenvalue weighted by Crippen LogP contribution is 2.11. The van der Waals surface area contributed by atoms with Crippen LogP contribution in [-0.2, 0) is 13.5 Å². The van der Waals surface area contributed by atoms with E-state index in [1.54, 1.807) is 4.68 Å². The van der Waals surface area contributed by atoms with Crippen LogP contribution in [0.1, 0.15) is 18.2 Å². The number of hydrogen-bond donors (Lipinski definition) is 1. The van der Waals surface area contributed by atoms with E-state index < -0.39 is 0 Å². The standard InChI is InChI=1S/C13H19N5O/c1-4-19-12-7-10(2)16-13(17-12)14-6-5-11-8-15-18(3)9-11/h7-9H,4-6H2,1-3H3,(H,14,16,17). The smallest absolute Gasteiger partial charge is 0.226 e. The Kier molecular flexibility index (Phi) is 4.33. The molecule has 0 fully saturated rings. The topological polar surface area (TPSA) is 64.9 Å². The van der Waals surface area contributed by atoms with E-state index in [1.807, 2.05) is 39.4 Å². The van der Waals surface area contributed by atoms with Gasteiger partial charge in [0, 0.05) is 31.5 Å². The monoisotopic (exact) mass is 261 g/mol. The molecule has 0 aliphatic rings. The van der Waals surface area contributed by atoms with E-state index in [4.69, 9.17) is 4.74 Å². The summed E-state index contributed by atoms with van der Waals surface area (Å²) in [6.45, 7) is 5.23. The van der Waals surface area contributed by atoms with Crippen molar-refractivity contribution >= 4 is 5.95 Å². The molecule has 0 aromatic carbocycles. The van der Waals surface area contributed by atoms with Crippen molar-refractivity contribution in [1.82, 2.24) is 19.7 Å². The Morgan fingerprint density at radius 3 is 2.89 bits per heavy atom. The molecule has 0 saturated heterocycles. The van der Waals surface area contributed by atoms with Crippen molar-refractivity contribution in [3.8, 4) is 5.88 Å². The minimum Gasteiger partial charge on any atom is -0.478 e. The number of ether oxygens (including phenoxy) is 1. The fourth-order valence-electron chi connectivity index (χ4n) is 1.76. The molecule has 6 heteroatoms. The van der Waals surface area contributed by atoms with Crippen LogP contribution < -0.4 is 10.1 Å². The lowest BCUT2D eigenvalue weighted by Gasteiger charge is -2.07. The summed E-state index contributed by atoms with van der Waals surface area (Å²) < 4.78 is 7.19. The Morgan fingerprint density at radius 2 is 2.21 bits per heavy atom. The molecule has 0 saturated carbocycles. The lowest BCUT2D eigenvalue weighted by atomic mass is 10.2. The lowest BCUT2D eigenvalue weighted by molar-refractivity contribution is 0.326. The molecule has 6 nitrogen and oxygen atoms in total. The first-order chi connectivity index (χ1) is 9.17. The molecule has 0 bridgehead atoms. The molecule has 102 valence electrons. The number of nitrogens with one attached hydrogen (secondary N) is 1. The fourth-order valence-corrected chi connectivity index (χ4v) is 1.76. The largest absolute Gasteiger partial charge is 0.478 e. The van der Waals surface area contributed by atoms with Gasteiger partial charge in [0.15, 0.2) is 0 Å². The van der Waals surface area contributed by atoms with Crippen molar-refractivity contribution < 1.29 is 4.74 Å². The van der Waals surface area contributed by atoms with Crippen LogP contribution in [0.4, 0.5) is 5.95 Å². The Hall–Kier alpha value is -2.11. The van der Waals surface area contributed by atoms with Gasteiger partial charge in [-0.3, -0.25) is 4.68 Å². The van der Waals surface area contributed by atoms with Gasteiger partial charge in [-0.1, -0.05) is 0 Å². The summed E-state index contributed by atoms with van der Waals surface area (Å²) >= 11 is 0. The second-order valence-corrected chi connectivity index (χ2v) is 4.30. The lowest BCUT2D eigenvalue weighted by Crippen LogP contribution is -2.09.